The molecule has 1 fully saturated rings. The largest absolute Gasteiger partial charge is 0.399 e. The van der Waals surface area contributed by atoms with Crippen LogP contribution < -0.4 is 11.1 Å². The molecule has 3 rings (SSSR count). The second-order valence-electron chi connectivity index (χ2n) is 4.88. The van der Waals surface area contributed by atoms with Crippen molar-refractivity contribution in [3.8, 4) is 0 Å². The third kappa shape index (κ3) is 2.97. The summed E-state index contributed by atoms with van der Waals surface area (Å²) in [6, 6.07) is 5.70. The Morgan fingerprint density at radius 3 is 2.95 bits per heavy atom. The summed E-state index contributed by atoms with van der Waals surface area (Å²) < 4.78 is 5.34. The van der Waals surface area contributed by atoms with Gasteiger partial charge in [-0.3, -0.25) is 4.90 Å². The predicted molar refractivity (Wildman–Crippen MR) is 79.7 cm³/mol. The van der Waals surface area contributed by atoms with E-state index in [1.54, 1.807) is 6.33 Å². The minimum Gasteiger partial charge on any atom is -0.399 e. The van der Waals surface area contributed by atoms with Crippen LogP contribution in [0.5, 0.6) is 0 Å². The second-order valence-corrected chi connectivity index (χ2v) is 4.88. The molecule has 106 valence electrons. The maximum absolute atomic E-state index is 5.77. The van der Waals surface area contributed by atoms with Crippen LogP contribution in [0.3, 0.4) is 0 Å². The molecule has 1 aliphatic heterocycles. The van der Waals surface area contributed by atoms with Gasteiger partial charge >= 0.3 is 0 Å². The highest BCUT2D eigenvalue weighted by atomic mass is 16.5. The molecular formula is C14H19N5O. The van der Waals surface area contributed by atoms with Crippen molar-refractivity contribution in [3.05, 3.63) is 24.5 Å². The number of fused-ring (bicyclic) bond motifs is 1. The first-order chi connectivity index (χ1) is 9.83. The molecule has 0 unspecified atom stereocenters. The van der Waals surface area contributed by atoms with Crippen molar-refractivity contribution in [2.45, 2.75) is 0 Å². The average Bonchev–Trinajstić information content (AvgIpc) is 2.48. The van der Waals surface area contributed by atoms with Gasteiger partial charge in [-0.15, -0.1) is 0 Å². The monoisotopic (exact) mass is 273 g/mol. The van der Waals surface area contributed by atoms with E-state index in [0.717, 1.165) is 61.8 Å². The lowest BCUT2D eigenvalue weighted by Gasteiger charge is -2.26. The van der Waals surface area contributed by atoms with Gasteiger partial charge in [0.25, 0.3) is 0 Å². The minimum atomic E-state index is 0.718. The lowest BCUT2D eigenvalue weighted by Crippen LogP contribution is -2.39. The fourth-order valence-corrected chi connectivity index (χ4v) is 2.37. The lowest BCUT2D eigenvalue weighted by molar-refractivity contribution is 0.0398. The first kappa shape index (κ1) is 13.1. The fraction of sp³-hybridized carbons (Fsp3) is 0.429. The molecule has 20 heavy (non-hydrogen) atoms. The van der Waals surface area contributed by atoms with Crippen LogP contribution in [0.25, 0.3) is 10.9 Å². The Kier molecular flexibility index (Phi) is 3.94. The molecule has 0 amide bonds. The average molecular weight is 273 g/mol. The van der Waals surface area contributed by atoms with E-state index in [-0.39, 0.29) is 0 Å². The predicted octanol–water partition coefficient (Wildman–Crippen LogP) is 0.956. The number of hydrogen-bond acceptors (Lipinski definition) is 6. The summed E-state index contributed by atoms with van der Waals surface area (Å²) in [5, 5.41) is 4.38. The molecule has 0 saturated carbocycles. The highest BCUT2D eigenvalue weighted by molar-refractivity contribution is 5.90. The summed E-state index contributed by atoms with van der Waals surface area (Å²) in [7, 11) is 0. The standard InChI is InChI=1S/C14H19N5O/c15-11-1-2-12-13(9-11)17-10-18-14(12)16-3-4-19-5-7-20-8-6-19/h1-2,9-10H,3-8,15H2,(H,16,17,18). The Labute approximate surface area is 117 Å². The van der Waals surface area contributed by atoms with E-state index in [1.165, 1.54) is 0 Å². The topological polar surface area (TPSA) is 76.3 Å². The number of nitrogen functional groups attached to an aromatic ring is 1. The Balaban J connectivity index is 1.65. The Bertz CT molecular complexity index is 583. The van der Waals surface area contributed by atoms with Crippen LogP contribution >= 0.6 is 0 Å². The third-order valence-corrected chi connectivity index (χ3v) is 3.48. The molecule has 0 radical (unpaired) electrons. The summed E-state index contributed by atoms with van der Waals surface area (Å²) in [4.78, 5) is 10.9. The van der Waals surface area contributed by atoms with Gasteiger partial charge in [-0.05, 0) is 18.2 Å². The Morgan fingerprint density at radius 2 is 2.10 bits per heavy atom. The van der Waals surface area contributed by atoms with Crippen molar-refractivity contribution >= 4 is 22.4 Å². The van der Waals surface area contributed by atoms with Crippen LogP contribution in [0.1, 0.15) is 0 Å². The van der Waals surface area contributed by atoms with Crippen LogP contribution in [0.15, 0.2) is 24.5 Å². The molecule has 1 aromatic carbocycles. The number of rotatable bonds is 4. The van der Waals surface area contributed by atoms with Gasteiger partial charge in [0.2, 0.25) is 0 Å². The summed E-state index contributed by atoms with van der Waals surface area (Å²) in [6.45, 7) is 5.51. The van der Waals surface area contributed by atoms with Gasteiger partial charge in [-0.2, -0.15) is 0 Å². The van der Waals surface area contributed by atoms with E-state index in [9.17, 15) is 0 Å². The zero-order valence-corrected chi connectivity index (χ0v) is 11.4. The van der Waals surface area contributed by atoms with Gasteiger partial charge in [0, 0.05) is 37.3 Å². The smallest absolute Gasteiger partial charge is 0.137 e. The maximum atomic E-state index is 5.77. The first-order valence-corrected chi connectivity index (χ1v) is 6.87. The molecule has 6 heteroatoms. The normalized spacial score (nSPS) is 16.4. The zero-order chi connectivity index (χ0) is 13.8. The number of aromatic nitrogens is 2. The van der Waals surface area contributed by atoms with Gasteiger partial charge in [0.15, 0.2) is 0 Å². The molecular weight excluding hydrogens is 254 g/mol. The second kappa shape index (κ2) is 6.02. The maximum Gasteiger partial charge on any atom is 0.137 e. The van der Waals surface area contributed by atoms with Crippen LogP contribution in [0.2, 0.25) is 0 Å². The van der Waals surface area contributed by atoms with E-state index in [0.29, 0.717) is 0 Å². The molecule has 1 saturated heterocycles. The van der Waals surface area contributed by atoms with Crippen LogP contribution in [0.4, 0.5) is 11.5 Å². The van der Waals surface area contributed by atoms with Crippen molar-refractivity contribution < 1.29 is 4.74 Å². The number of nitrogens with two attached hydrogens (primary N) is 1. The minimum absolute atomic E-state index is 0.718. The number of ether oxygens (including phenoxy) is 1. The Morgan fingerprint density at radius 1 is 1.25 bits per heavy atom. The molecule has 0 spiro atoms. The zero-order valence-electron chi connectivity index (χ0n) is 11.4. The summed E-state index contributed by atoms with van der Waals surface area (Å²) in [5.41, 5.74) is 7.36. The van der Waals surface area contributed by atoms with E-state index < -0.39 is 0 Å². The molecule has 0 atom stereocenters. The molecule has 0 aliphatic carbocycles. The first-order valence-electron chi connectivity index (χ1n) is 6.87. The third-order valence-electron chi connectivity index (χ3n) is 3.48. The Hall–Kier alpha value is -1.92. The quantitative estimate of drug-likeness (QED) is 0.808. The molecule has 1 aromatic heterocycles. The number of anilines is 2. The highest BCUT2D eigenvalue weighted by Gasteiger charge is 2.10. The van der Waals surface area contributed by atoms with E-state index in [2.05, 4.69) is 20.2 Å². The molecule has 2 heterocycles. The van der Waals surface area contributed by atoms with Crippen molar-refractivity contribution in [2.24, 2.45) is 0 Å². The van der Waals surface area contributed by atoms with Gasteiger partial charge < -0.3 is 15.8 Å². The van der Waals surface area contributed by atoms with Crippen molar-refractivity contribution in [2.75, 3.05) is 50.4 Å². The van der Waals surface area contributed by atoms with Crippen LogP contribution in [0, 0.1) is 0 Å². The van der Waals surface area contributed by atoms with Crippen LogP contribution in [-0.2, 0) is 4.74 Å². The highest BCUT2D eigenvalue weighted by Crippen LogP contribution is 2.20. The molecule has 6 nitrogen and oxygen atoms in total. The van der Waals surface area contributed by atoms with Crippen LogP contribution in [-0.4, -0.2) is 54.3 Å². The summed E-state index contributed by atoms with van der Waals surface area (Å²) in [5.74, 6) is 0.864. The molecule has 2 aromatic rings. The molecule has 1 aliphatic rings. The number of hydrogen-bond donors (Lipinski definition) is 2. The number of nitrogens with one attached hydrogen (secondary N) is 1. The molecule has 3 N–H and O–H groups in total. The van der Waals surface area contributed by atoms with E-state index in [1.807, 2.05) is 18.2 Å². The SMILES string of the molecule is Nc1ccc2c(NCCN3CCOCC3)ncnc2c1. The number of morpholine rings is 1. The van der Waals surface area contributed by atoms with Gasteiger partial charge in [-0.1, -0.05) is 0 Å². The fourth-order valence-electron chi connectivity index (χ4n) is 2.37. The summed E-state index contributed by atoms with van der Waals surface area (Å²) in [6.07, 6.45) is 1.57. The van der Waals surface area contributed by atoms with Gasteiger partial charge in [-0.25, -0.2) is 9.97 Å². The molecule has 0 bridgehead atoms. The lowest BCUT2D eigenvalue weighted by atomic mass is 10.2. The van der Waals surface area contributed by atoms with Gasteiger partial charge in [0.1, 0.15) is 12.1 Å². The number of nitrogens with zero attached hydrogens (tertiary/aromatic N) is 3. The van der Waals surface area contributed by atoms with Crippen molar-refractivity contribution in [3.63, 3.8) is 0 Å². The summed E-state index contributed by atoms with van der Waals surface area (Å²) >= 11 is 0. The number of benzene rings is 1. The van der Waals surface area contributed by atoms with Gasteiger partial charge in [0.05, 0.1) is 18.7 Å². The van der Waals surface area contributed by atoms with E-state index in [4.69, 9.17) is 10.5 Å². The van der Waals surface area contributed by atoms with E-state index >= 15 is 0 Å². The van der Waals surface area contributed by atoms with Crippen molar-refractivity contribution in [1.82, 2.24) is 14.9 Å². The van der Waals surface area contributed by atoms with Crippen molar-refractivity contribution in [1.29, 1.82) is 0 Å².